The Bertz CT molecular complexity index is 294. The molecule has 1 aromatic rings. The SMILES string of the molecule is Cc1ccc(CNC(C)CN)c(C)c1. The number of hydrogen-bond donors (Lipinski definition) is 2. The van der Waals surface area contributed by atoms with Crippen molar-refractivity contribution in [1.29, 1.82) is 0 Å². The van der Waals surface area contributed by atoms with Crippen molar-refractivity contribution in [2.75, 3.05) is 6.54 Å². The molecule has 3 N–H and O–H groups in total. The van der Waals surface area contributed by atoms with Crippen molar-refractivity contribution in [3.63, 3.8) is 0 Å². The first kappa shape index (κ1) is 11.2. The van der Waals surface area contributed by atoms with Crippen LogP contribution in [-0.2, 0) is 6.54 Å². The van der Waals surface area contributed by atoms with Crippen molar-refractivity contribution in [3.05, 3.63) is 34.9 Å². The van der Waals surface area contributed by atoms with Crippen LogP contribution >= 0.6 is 0 Å². The molecule has 78 valence electrons. The fraction of sp³-hybridized carbons (Fsp3) is 0.500. The van der Waals surface area contributed by atoms with Crippen LogP contribution in [0.15, 0.2) is 18.2 Å². The van der Waals surface area contributed by atoms with E-state index in [1.807, 2.05) is 0 Å². The Morgan fingerprint density at radius 1 is 1.36 bits per heavy atom. The third-order valence-electron chi connectivity index (χ3n) is 2.49. The van der Waals surface area contributed by atoms with Crippen LogP contribution in [0, 0.1) is 13.8 Å². The molecule has 0 aliphatic rings. The number of hydrogen-bond acceptors (Lipinski definition) is 2. The molecule has 14 heavy (non-hydrogen) atoms. The van der Waals surface area contributed by atoms with E-state index < -0.39 is 0 Å². The Hall–Kier alpha value is -0.860. The van der Waals surface area contributed by atoms with Crippen LogP contribution in [0.25, 0.3) is 0 Å². The summed E-state index contributed by atoms with van der Waals surface area (Å²) in [7, 11) is 0. The van der Waals surface area contributed by atoms with Crippen molar-refractivity contribution in [1.82, 2.24) is 5.32 Å². The molecular formula is C12H20N2. The predicted molar refractivity (Wildman–Crippen MR) is 61.3 cm³/mol. The molecule has 0 heterocycles. The largest absolute Gasteiger partial charge is 0.329 e. The van der Waals surface area contributed by atoms with E-state index in [-0.39, 0.29) is 0 Å². The highest BCUT2D eigenvalue weighted by Gasteiger charge is 2.01. The molecule has 1 rings (SSSR count). The lowest BCUT2D eigenvalue weighted by Gasteiger charge is -2.13. The Morgan fingerprint density at radius 3 is 2.64 bits per heavy atom. The molecular weight excluding hydrogens is 172 g/mol. The monoisotopic (exact) mass is 192 g/mol. The van der Waals surface area contributed by atoms with Gasteiger partial charge >= 0.3 is 0 Å². The number of benzene rings is 1. The molecule has 0 aliphatic heterocycles. The topological polar surface area (TPSA) is 38.0 Å². The molecule has 1 atom stereocenters. The van der Waals surface area contributed by atoms with Gasteiger partial charge in [0.2, 0.25) is 0 Å². The van der Waals surface area contributed by atoms with Gasteiger partial charge in [-0.1, -0.05) is 23.8 Å². The maximum atomic E-state index is 5.54. The highest BCUT2D eigenvalue weighted by atomic mass is 14.9. The van der Waals surface area contributed by atoms with E-state index in [9.17, 15) is 0 Å². The van der Waals surface area contributed by atoms with Crippen LogP contribution in [0.3, 0.4) is 0 Å². The quantitative estimate of drug-likeness (QED) is 0.762. The molecule has 1 aromatic carbocycles. The summed E-state index contributed by atoms with van der Waals surface area (Å²) in [4.78, 5) is 0. The number of rotatable bonds is 4. The first-order valence-electron chi connectivity index (χ1n) is 5.13. The zero-order chi connectivity index (χ0) is 10.6. The summed E-state index contributed by atoms with van der Waals surface area (Å²) in [5.74, 6) is 0. The minimum Gasteiger partial charge on any atom is -0.329 e. The van der Waals surface area contributed by atoms with E-state index in [0.717, 1.165) is 6.54 Å². The number of aryl methyl sites for hydroxylation is 2. The van der Waals surface area contributed by atoms with E-state index in [1.54, 1.807) is 0 Å². The minimum absolute atomic E-state index is 0.385. The van der Waals surface area contributed by atoms with Gasteiger partial charge in [0.25, 0.3) is 0 Å². The summed E-state index contributed by atoms with van der Waals surface area (Å²) in [5, 5.41) is 3.38. The standard InChI is InChI=1S/C12H20N2/c1-9-4-5-12(10(2)6-9)8-14-11(3)7-13/h4-6,11,14H,7-8,13H2,1-3H3. The van der Waals surface area contributed by atoms with Crippen LogP contribution in [0.1, 0.15) is 23.6 Å². The summed E-state index contributed by atoms with van der Waals surface area (Å²) in [6.45, 7) is 7.96. The van der Waals surface area contributed by atoms with Crippen molar-refractivity contribution in [3.8, 4) is 0 Å². The highest BCUT2D eigenvalue weighted by molar-refractivity contribution is 5.30. The summed E-state index contributed by atoms with van der Waals surface area (Å²) >= 11 is 0. The molecule has 2 nitrogen and oxygen atoms in total. The van der Waals surface area contributed by atoms with Gasteiger partial charge in [0, 0.05) is 19.1 Å². The fourth-order valence-corrected chi connectivity index (χ4v) is 1.41. The maximum Gasteiger partial charge on any atom is 0.0211 e. The van der Waals surface area contributed by atoms with Crippen LogP contribution in [-0.4, -0.2) is 12.6 Å². The van der Waals surface area contributed by atoms with Crippen LogP contribution in [0.5, 0.6) is 0 Å². The third-order valence-corrected chi connectivity index (χ3v) is 2.49. The number of nitrogens with one attached hydrogen (secondary N) is 1. The molecule has 0 saturated heterocycles. The Labute approximate surface area is 86.5 Å². The molecule has 0 aromatic heterocycles. The second-order valence-corrected chi connectivity index (χ2v) is 3.95. The summed E-state index contributed by atoms with van der Waals surface area (Å²) in [6, 6.07) is 6.93. The zero-order valence-electron chi connectivity index (χ0n) is 9.30. The molecule has 0 fully saturated rings. The second kappa shape index (κ2) is 5.13. The first-order valence-corrected chi connectivity index (χ1v) is 5.13. The Balaban J connectivity index is 2.59. The normalized spacial score (nSPS) is 12.9. The van der Waals surface area contributed by atoms with Gasteiger partial charge in [0.05, 0.1) is 0 Å². The van der Waals surface area contributed by atoms with E-state index in [0.29, 0.717) is 12.6 Å². The molecule has 0 amide bonds. The van der Waals surface area contributed by atoms with Gasteiger partial charge < -0.3 is 11.1 Å². The van der Waals surface area contributed by atoms with E-state index in [1.165, 1.54) is 16.7 Å². The molecule has 0 spiro atoms. The summed E-state index contributed by atoms with van der Waals surface area (Å²) < 4.78 is 0. The van der Waals surface area contributed by atoms with Gasteiger partial charge in [-0.3, -0.25) is 0 Å². The predicted octanol–water partition coefficient (Wildman–Crippen LogP) is 1.74. The lowest BCUT2D eigenvalue weighted by Crippen LogP contribution is -2.32. The Morgan fingerprint density at radius 2 is 2.07 bits per heavy atom. The maximum absolute atomic E-state index is 5.54. The second-order valence-electron chi connectivity index (χ2n) is 3.95. The van der Waals surface area contributed by atoms with Crippen molar-refractivity contribution in [2.45, 2.75) is 33.4 Å². The molecule has 0 saturated carbocycles. The van der Waals surface area contributed by atoms with E-state index >= 15 is 0 Å². The number of nitrogens with two attached hydrogens (primary N) is 1. The van der Waals surface area contributed by atoms with Crippen LogP contribution in [0.2, 0.25) is 0 Å². The van der Waals surface area contributed by atoms with Crippen molar-refractivity contribution < 1.29 is 0 Å². The van der Waals surface area contributed by atoms with Crippen molar-refractivity contribution in [2.24, 2.45) is 5.73 Å². The van der Waals surface area contributed by atoms with Gasteiger partial charge in [0.1, 0.15) is 0 Å². The summed E-state index contributed by atoms with van der Waals surface area (Å²) in [5.41, 5.74) is 9.56. The Kier molecular flexibility index (Phi) is 4.11. The van der Waals surface area contributed by atoms with Gasteiger partial charge in [-0.05, 0) is 31.9 Å². The minimum atomic E-state index is 0.385. The van der Waals surface area contributed by atoms with Gasteiger partial charge in [-0.15, -0.1) is 0 Å². The average Bonchev–Trinajstić information content (AvgIpc) is 2.16. The lowest BCUT2D eigenvalue weighted by atomic mass is 10.1. The van der Waals surface area contributed by atoms with Gasteiger partial charge in [0.15, 0.2) is 0 Å². The molecule has 1 unspecified atom stereocenters. The van der Waals surface area contributed by atoms with Crippen LogP contribution in [0.4, 0.5) is 0 Å². The summed E-state index contributed by atoms with van der Waals surface area (Å²) in [6.07, 6.45) is 0. The molecule has 2 heteroatoms. The van der Waals surface area contributed by atoms with Crippen molar-refractivity contribution >= 4 is 0 Å². The first-order chi connectivity index (χ1) is 6.63. The van der Waals surface area contributed by atoms with E-state index in [2.05, 4.69) is 44.3 Å². The zero-order valence-corrected chi connectivity index (χ0v) is 9.30. The fourth-order valence-electron chi connectivity index (χ4n) is 1.41. The average molecular weight is 192 g/mol. The third kappa shape index (κ3) is 3.13. The highest BCUT2D eigenvalue weighted by Crippen LogP contribution is 2.10. The smallest absolute Gasteiger partial charge is 0.0211 e. The molecule has 0 aliphatic carbocycles. The lowest BCUT2D eigenvalue weighted by molar-refractivity contribution is 0.555. The van der Waals surface area contributed by atoms with Crippen LogP contribution < -0.4 is 11.1 Å². The van der Waals surface area contributed by atoms with Gasteiger partial charge in [-0.2, -0.15) is 0 Å². The van der Waals surface area contributed by atoms with Gasteiger partial charge in [-0.25, -0.2) is 0 Å². The molecule has 0 radical (unpaired) electrons. The molecule has 0 bridgehead atoms. The van der Waals surface area contributed by atoms with E-state index in [4.69, 9.17) is 5.73 Å².